The van der Waals surface area contributed by atoms with Crippen LogP contribution in [0.15, 0.2) is 24.3 Å². The molecule has 1 nitrogen and oxygen atoms in total. The molecule has 0 radical (unpaired) electrons. The quantitative estimate of drug-likeness (QED) is 0.826. The molecule has 0 heterocycles. The molecule has 17 heavy (non-hydrogen) atoms. The van der Waals surface area contributed by atoms with Crippen LogP contribution in [0.3, 0.4) is 0 Å². The molecule has 0 aliphatic rings. The van der Waals surface area contributed by atoms with Gasteiger partial charge in [0.25, 0.3) is 0 Å². The van der Waals surface area contributed by atoms with Crippen molar-refractivity contribution in [3.8, 4) is 0 Å². The fourth-order valence-electron chi connectivity index (χ4n) is 2.10. The third-order valence-electron chi connectivity index (χ3n) is 3.55. The Labute approximate surface area is 107 Å². The summed E-state index contributed by atoms with van der Waals surface area (Å²) in [4.78, 5) is 0. The van der Waals surface area contributed by atoms with Crippen LogP contribution >= 0.6 is 0 Å². The highest BCUT2D eigenvalue weighted by atomic mass is 14.8. The van der Waals surface area contributed by atoms with Crippen molar-refractivity contribution < 1.29 is 0 Å². The fourth-order valence-corrected chi connectivity index (χ4v) is 2.10. The molecule has 0 spiro atoms. The lowest BCUT2D eigenvalue weighted by atomic mass is 9.85. The molecule has 0 fully saturated rings. The largest absolute Gasteiger partial charge is 0.317 e. The summed E-state index contributed by atoms with van der Waals surface area (Å²) in [7, 11) is 2.03. The highest BCUT2D eigenvalue weighted by Crippen LogP contribution is 2.26. The van der Waals surface area contributed by atoms with Gasteiger partial charge in [-0.2, -0.15) is 0 Å². The van der Waals surface area contributed by atoms with Crippen molar-refractivity contribution >= 4 is 0 Å². The molecule has 1 heteroatoms. The van der Waals surface area contributed by atoms with E-state index in [0.29, 0.717) is 12.0 Å². The van der Waals surface area contributed by atoms with Gasteiger partial charge in [-0.05, 0) is 42.9 Å². The van der Waals surface area contributed by atoms with Crippen molar-refractivity contribution in [2.75, 3.05) is 7.05 Å². The molecule has 0 saturated carbocycles. The Balaban J connectivity index is 2.74. The van der Waals surface area contributed by atoms with Gasteiger partial charge in [-0.25, -0.2) is 0 Å². The van der Waals surface area contributed by atoms with Crippen molar-refractivity contribution in [2.45, 2.75) is 58.4 Å². The lowest BCUT2D eigenvalue weighted by Gasteiger charge is -2.21. The molecule has 1 aromatic carbocycles. The average molecular weight is 233 g/mol. The molecule has 0 aromatic heterocycles. The third-order valence-corrected chi connectivity index (χ3v) is 3.55. The Bertz CT molecular complexity index is 332. The molecular formula is C16H27N. The smallest absolute Gasteiger partial charge is 0.00414 e. The van der Waals surface area contributed by atoms with E-state index in [-0.39, 0.29) is 5.41 Å². The third kappa shape index (κ3) is 4.16. The van der Waals surface area contributed by atoms with E-state index in [1.54, 1.807) is 0 Å². The molecular weight excluding hydrogens is 206 g/mol. The average Bonchev–Trinajstić information content (AvgIpc) is 2.27. The van der Waals surface area contributed by atoms with Crippen molar-refractivity contribution in [2.24, 2.45) is 0 Å². The molecule has 0 bridgehead atoms. The Hall–Kier alpha value is -0.820. The number of rotatable bonds is 4. The molecule has 1 aromatic rings. The van der Waals surface area contributed by atoms with Crippen LogP contribution in [0.25, 0.3) is 0 Å². The molecule has 0 aliphatic heterocycles. The molecule has 0 amide bonds. The Morgan fingerprint density at radius 1 is 1.06 bits per heavy atom. The highest BCUT2D eigenvalue weighted by molar-refractivity contribution is 5.29. The van der Waals surface area contributed by atoms with Gasteiger partial charge in [-0.15, -0.1) is 0 Å². The van der Waals surface area contributed by atoms with Gasteiger partial charge in [0.05, 0.1) is 0 Å². The van der Waals surface area contributed by atoms with Crippen LogP contribution in [-0.4, -0.2) is 13.1 Å². The Kier molecular flexibility index (Phi) is 4.76. The minimum atomic E-state index is 0.250. The first-order chi connectivity index (χ1) is 7.84. The summed E-state index contributed by atoms with van der Waals surface area (Å²) in [6.07, 6.45) is 1.19. The van der Waals surface area contributed by atoms with Gasteiger partial charge in [-0.3, -0.25) is 0 Å². The van der Waals surface area contributed by atoms with Crippen LogP contribution in [-0.2, 0) is 5.41 Å². The van der Waals surface area contributed by atoms with Crippen LogP contribution in [0.1, 0.15) is 58.1 Å². The van der Waals surface area contributed by atoms with E-state index < -0.39 is 0 Å². The van der Waals surface area contributed by atoms with Gasteiger partial charge in [-0.1, -0.05) is 52.0 Å². The maximum Gasteiger partial charge on any atom is 0.00414 e. The Morgan fingerprint density at radius 3 is 2.00 bits per heavy atom. The second-order valence-corrected chi connectivity index (χ2v) is 6.20. The summed E-state index contributed by atoms with van der Waals surface area (Å²) in [5.41, 5.74) is 3.11. The first-order valence-corrected chi connectivity index (χ1v) is 6.62. The second-order valence-electron chi connectivity index (χ2n) is 6.20. The summed E-state index contributed by atoms with van der Waals surface area (Å²) in [6.45, 7) is 11.3. The van der Waals surface area contributed by atoms with E-state index in [1.165, 1.54) is 17.5 Å². The molecule has 0 aliphatic carbocycles. The SMILES string of the molecule is CNC(C)CC(C)c1ccc(C(C)(C)C)cc1. The zero-order valence-electron chi connectivity index (χ0n) is 12.2. The van der Waals surface area contributed by atoms with Crippen LogP contribution in [0.5, 0.6) is 0 Å². The normalized spacial score (nSPS) is 15.6. The van der Waals surface area contributed by atoms with Gasteiger partial charge in [0, 0.05) is 6.04 Å². The predicted molar refractivity (Wildman–Crippen MR) is 76.7 cm³/mol. The van der Waals surface area contributed by atoms with E-state index >= 15 is 0 Å². The lowest BCUT2D eigenvalue weighted by molar-refractivity contribution is 0.515. The number of hydrogen-bond donors (Lipinski definition) is 1. The first kappa shape index (κ1) is 14.2. The summed E-state index contributed by atoms with van der Waals surface area (Å²) in [6, 6.07) is 9.69. The van der Waals surface area contributed by atoms with Crippen molar-refractivity contribution in [3.05, 3.63) is 35.4 Å². The van der Waals surface area contributed by atoms with Crippen molar-refractivity contribution in [1.29, 1.82) is 0 Å². The van der Waals surface area contributed by atoms with Gasteiger partial charge in [0.15, 0.2) is 0 Å². The topological polar surface area (TPSA) is 12.0 Å². The molecule has 2 atom stereocenters. The minimum absolute atomic E-state index is 0.250. The van der Waals surface area contributed by atoms with Crippen molar-refractivity contribution in [1.82, 2.24) is 5.32 Å². The maximum atomic E-state index is 3.30. The summed E-state index contributed by atoms with van der Waals surface area (Å²) in [5.74, 6) is 0.617. The monoisotopic (exact) mass is 233 g/mol. The predicted octanol–water partition coefficient (Wildman–Crippen LogP) is 4.09. The van der Waals surface area contributed by atoms with Crippen LogP contribution in [0.2, 0.25) is 0 Å². The second kappa shape index (κ2) is 5.68. The zero-order valence-corrected chi connectivity index (χ0v) is 12.2. The maximum absolute atomic E-state index is 3.30. The molecule has 96 valence electrons. The van der Waals surface area contributed by atoms with E-state index in [2.05, 4.69) is 64.2 Å². The summed E-state index contributed by atoms with van der Waals surface area (Å²) >= 11 is 0. The molecule has 1 rings (SSSR count). The fraction of sp³-hybridized carbons (Fsp3) is 0.625. The van der Waals surface area contributed by atoms with Gasteiger partial charge >= 0.3 is 0 Å². The number of nitrogens with one attached hydrogen (secondary N) is 1. The first-order valence-electron chi connectivity index (χ1n) is 6.62. The van der Waals surface area contributed by atoms with Crippen molar-refractivity contribution in [3.63, 3.8) is 0 Å². The Morgan fingerprint density at radius 2 is 1.59 bits per heavy atom. The standard InChI is InChI=1S/C16H27N/c1-12(11-13(2)17-6)14-7-9-15(10-8-14)16(3,4)5/h7-10,12-13,17H,11H2,1-6H3. The zero-order chi connectivity index (χ0) is 13.1. The minimum Gasteiger partial charge on any atom is -0.317 e. The molecule has 2 unspecified atom stereocenters. The molecule has 0 saturated heterocycles. The molecule has 1 N–H and O–H groups in total. The van der Waals surface area contributed by atoms with E-state index in [0.717, 1.165) is 0 Å². The van der Waals surface area contributed by atoms with Crippen LogP contribution < -0.4 is 5.32 Å². The van der Waals surface area contributed by atoms with Crippen LogP contribution in [0.4, 0.5) is 0 Å². The summed E-state index contributed by atoms with van der Waals surface area (Å²) < 4.78 is 0. The van der Waals surface area contributed by atoms with Gasteiger partial charge in [0.1, 0.15) is 0 Å². The van der Waals surface area contributed by atoms with Crippen LogP contribution in [0, 0.1) is 0 Å². The summed E-state index contributed by atoms with van der Waals surface area (Å²) in [5, 5.41) is 3.30. The lowest BCUT2D eigenvalue weighted by Crippen LogP contribution is -2.23. The van der Waals surface area contributed by atoms with Gasteiger partial charge in [0.2, 0.25) is 0 Å². The van der Waals surface area contributed by atoms with E-state index in [1.807, 2.05) is 7.05 Å². The van der Waals surface area contributed by atoms with Gasteiger partial charge < -0.3 is 5.32 Å². The highest BCUT2D eigenvalue weighted by Gasteiger charge is 2.14. The van der Waals surface area contributed by atoms with E-state index in [4.69, 9.17) is 0 Å². The number of hydrogen-bond acceptors (Lipinski definition) is 1. The van der Waals surface area contributed by atoms with E-state index in [9.17, 15) is 0 Å². The number of benzene rings is 1.